The van der Waals surface area contributed by atoms with Crippen LogP contribution in [0, 0.1) is 0 Å². The first-order valence-corrected chi connectivity index (χ1v) is 9.34. The van der Waals surface area contributed by atoms with E-state index in [2.05, 4.69) is 79.1 Å². The maximum atomic E-state index is 4.91. The third kappa shape index (κ3) is 2.94. The number of para-hydroxylation sites is 2. The van der Waals surface area contributed by atoms with E-state index in [0.717, 1.165) is 17.1 Å². The summed E-state index contributed by atoms with van der Waals surface area (Å²) in [5.74, 6) is 1.02. The van der Waals surface area contributed by atoms with E-state index in [1.165, 1.54) is 5.69 Å². The average Bonchev–Trinajstić information content (AvgIpc) is 3.09. The van der Waals surface area contributed by atoms with Crippen LogP contribution in [0.15, 0.2) is 96.1 Å². The van der Waals surface area contributed by atoms with Gasteiger partial charge in [0.05, 0.1) is 0 Å². The van der Waals surface area contributed by atoms with Gasteiger partial charge in [-0.05, 0) is 0 Å². The van der Waals surface area contributed by atoms with Crippen molar-refractivity contribution in [2.75, 3.05) is 6.34 Å². The van der Waals surface area contributed by atoms with Gasteiger partial charge < -0.3 is 0 Å². The van der Waals surface area contributed by atoms with Crippen molar-refractivity contribution in [1.29, 1.82) is 0 Å². The Morgan fingerprint density at radius 1 is 0.609 bits per heavy atom. The summed E-state index contributed by atoms with van der Waals surface area (Å²) in [6.45, 7) is 0. The van der Waals surface area contributed by atoms with Gasteiger partial charge in [-0.2, -0.15) is 0 Å². The number of nitrogens with zero attached hydrogens (tertiary/aromatic N) is 3. The van der Waals surface area contributed by atoms with Gasteiger partial charge in [-0.25, -0.2) is 0 Å². The van der Waals surface area contributed by atoms with Crippen molar-refractivity contribution in [1.82, 2.24) is 0 Å². The van der Waals surface area contributed by atoms with Crippen molar-refractivity contribution < 1.29 is 21.8 Å². The van der Waals surface area contributed by atoms with Crippen molar-refractivity contribution in [2.24, 2.45) is 5.10 Å². The zero-order chi connectivity index (χ0) is 15.5. The molecule has 4 rings (SSSR count). The van der Waals surface area contributed by atoms with E-state index in [0.29, 0.717) is 0 Å². The number of anilines is 2. The summed E-state index contributed by atoms with van der Waals surface area (Å²) in [7, 11) is 0. The van der Waals surface area contributed by atoms with Gasteiger partial charge in [0.15, 0.2) is 0 Å². The topological polar surface area (TPSA) is 18.8 Å². The zero-order valence-corrected chi connectivity index (χ0v) is 14.5. The van der Waals surface area contributed by atoms with Gasteiger partial charge in [0.1, 0.15) is 0 Å². The van der Waals surface area contributed by atoms with Gasteiger partial charge in [0, 0.05) is 0 Å². The second kappa shape index (κ2) is 6.42. The van der Waals surface area contributed by atoms with Crippen molar-refractivity contribution in [3.63, 3.8) is 0 Å². The van der Waals surface area contributed by atoms with Gasteiger partial charge in [0.2, 0.25) is 0 Å². The number of rotatable bonds is 3. The van der Waals surface area contributed by atoms with Crippen LogP contribution < -0.4 is 28.1 Å². The summed E-state index contributed by atoms with van der Waals surface area (Å²) >= 11 is -0.450. The number of hydrogen-bond acceptors (Lipinski definition) is 3. The van der Waals surface area contributed by atoms with E-state index in [1.807, 2.05) is 18.2 Å². The van der Waals surface area contributed by atoms with E-state index in [1.54, 1.807) is 0 Å². The van der Waals surface area contributed by atoms with Crippen LogP contribution in [0.5, 0.6) is 0 Å². The number of halogens is 1. The minimum absolute atomic E-state index is 0.450. The molecule has 0 aliphatic carbocycles. The third-order valence-electron chi connectivity index (χ3n) is 3.50. The fourth-order valence-corrected chi connectivity index (χ4v) is 4.81. The molecule has 0 fully saturated rings. The molecule has 0 radical (unpaired) electrons. The zero-order valence-electron chi connectivity index (χ0n) is 12.4. The van der Waals surface area contributed by atoms with Gasteiger partial charge >= 0.3 is 147 Å². The minimum atomic E-state index is -0.450. The summed E-state index contributed by atoms with van der Waals surface area (Å²) in [6, 6.07) is 31.3. The molecule has 0 aromatic heterocycles. The van der Waals surface area contributed by atoms with Crippen LogP contribution in [0.3, 0.4) is 0 Å². The fourth-order valence-electron chi connectivity index (χ4n) is 2.38. The molecule has 1 aliphatic heterocycles. The molecule has 3 aromatic carbocycles. The Labute approximate surface area is 146 Å². The molecule has 1 aliphatic rings. The fraction of sp³-hybridized carbons (Fsp3) is 0. The molecule has 3 nitrogen and oxygen atoms in total. The quantitative estimate of drug-likeness (QED) is 0.477. The standard InChI is InChI=1S/C19H15IN3/c1-4-10-16(11-5-1)19-21-23(18-14-8-3-9-15-18)20-22(19)17-12-6-2-7-13-17/h1-15H/q-1. The second-order valence-corrected chi connectivity index (χ2v) is 7.39. The Morgan fingerprint density at radius 2 is 1.13 bits per heavy atom. The number of hydrazone groups is 1. The van der Waals surface area contributed by atoms with Gasteiger partial charge in [-0.15, -0.1) is 0 Å². The Balaban J connectivity index is 1.76. The molecule has 4 heteroatoms. The van der Waals surface area contributed by atoms with Crippen LogP contribution in [-0.4, -0.2) is 5.84 Å². The molecular weight excluding hydrogens is 397 g/mol. The van der Waals surface area contributed by atoms with Crippen LogP contribution in [0.1, 0.15) is 5.56 Å². The Hall–Kier alpha value is -2.34. The van der Waals surface area contributed by atoms with E-state index >= 15 is 0 Å². The Bertz CT molecular complexity index is 804. The summed E-state index contributed by atoms with van der Waals surface area (Å²) in [5.41, 5.74) is 3.49. The SMILES string of the molecule is c1ccc(C2=NN(c3ccccc3)[I-]N2c2ccccc2)cc1. The molecule has 0 saturated carbocycles. The molecule has 114 valence electrons. The molecule has 1 heterocycles. The number of benzene rings is 3. The first-order valence-electron chi connectivity index (χ1n) is 7.41. The molecule has 23 heavy (non-hydrogen) atoms. The van der Waals surface area contributed by atoms with Crippen LogP contribution in [0.2, 0.25) is 0 Å². The first-order chi connectivity index (χ1) is 11.4. The van der Waals surface area contributed by atoms with Crippen molar-refractivity contribution >= 4 is 17.2 Å². The van der Waals surface area contributed by atoms with Crippen molar-refractivity contribution in [2.45, 2.75) is 0 Å². The van der Waals surface area contributed by atoms with E-state index < -0.39 is 21.8 Å². The van der Waals surface area contributed by atoms with E-state index in [-0.39, 0.29) is 0 Å². The molecule has 0 N–H and O–H groups in total. The van der Waals surface area contributed by atoms with Gasteiger partial charge in [-0.1, -0.05) is 0 Å². The van der Waals surface area contributed by atoms with Crippen molar-refractivity contribution in [3.8, 4) is 0 Å². The van der Waals surface area contributed by atoms with E-state index in [9.17, 15) is 0 Å². The molecule has 0 amide bonds. The van der Waals surface area contributed by atoms with Crippen molar-refractivity contribution in [3.05, 3.63) is 96.6 Å². The maximum absolute atomic E-state index is 4.91. The average molecular weight is 412 g/mol. The van der Waals surface area contributed by atoms with Crippen LogP contribution in [-0.2, 0) is 0 Å². The van der Waals surface area contributed by atoms with Gasteiger partial charge in [-0.3, -0.25) is 0 Å². The number of hydrogen-bond donors (Lipinski definition) is 0. The molecule has 0 atom stereocenters. The number of amidine groups is 1. The van der Waals surface area contributed by atoms with Crippen LogP contribution in [0.25, 0.3) is 0 Å². The summed E-state index contributed by atoms with van der Waals surface area (Å²) in [4.78, 5) is 0. The Morgan fingerprint density at radius 3 is 1.74 bits per heavy atom. The second-order valence-electron chi connectivity index (χ2n) is 5.08. The monoisotopic (exact) mass is 412 g/mol. The predicted octanol–water partition coefficient (Wildman–Crippen LogP) is 1.29. The molecule has 0 saturated heterocycles. The molecular formula is C19H15IN3-. The molecule has 0 unspecified atom stereocenters. The normalized spacial score (nSPS) is 14.3. The van der Waals surface area contributed by atoms with Crippen LogP contribution in [0.4, 0.5) is 11.4 Å². The summed E-state index contributed by atoms with van der Waals surface area (Å²) < 4.78 is 4.50. The van der Waals surface area contributed by atoms with Crippen LogP contribution >= 0.6 is 0 Å². The molecule has 0 spiro atoms. The summed E-state index contributed by atoms with van der Waals surface area (Å²) in [6.07, 6.45) is 0. The molecule has 0 bridgehead atoms. The third-order valence-corrected chi connectivity index (χ3v) is 6.13. The van der Waals surface area contributed by atoms with Gasteiger partial charge in [0.25, 0.3) is 0 Å². The first kappa shape index (κ1) is 14.3. The predicted molar refractivity (Wildman–Crippen MR) is 90.8 cm³/mol. The summed E-state index contributed by atoms with van der Waals surface area (Å²) in [5, 5.41) is 4.91. The molecule has 3 aromatic rings. The van der Waals surface area contributed by atoms with E-state index in [4.69, 9.17) is 5.10 Å². The Kier molecular flexibility index (Phi) is 3.98.